The highest BCUT2D eigenvalue weighted by Gasteiger charge is 2.22. The molecule has 1 aliphatic heterocycles. The van der Waals surface area contributed by atoms with Crippen LogP contribution in [-0.2, 0) is 16.2 Å². The fraction of sp³-hybridized carbons (Fsp3) is 0.231. The molecule has 1 fully saturated rings. The van der Waals surface area contributed by atoms with Crippen LogP contribution in [0.3, 0.4) is 0 Å². The number of hydrogen-bond acceptors (Lipinski definition) is 4. The third kappa shape index (κ3) is 5.46. The van der Waals surface area contributed by atoms with Crippen LogP contribution in [0.5, 0.6) is 5.75 Å². The van der Waals surface area contributed by atoms with Crippen LogP contribution in [0.25, 0.3) is 0 Å². The molecule has 1 saturated heterocycles. The predicted molar refractivity (Wildman–Crippen MR) is 127 cm³/mol. The number of carbonyl (C=O) groups is 2. The highest BCUT2D eigenvalue weighted by atomic mass is 16.5. The Hall–Kier alpha value is -3.80. The van der Waals surface area contributed by atoms with Crippen LogP contribution >= 0.6 is 0 Å². The zero-order valence-electron chi connectivity index (χ0n) is 18.1. The second-order valence-corrected chi connectivity index (χ2v) is 7.85. The molecule has 1 atom stereocenters. The molecule has 0 aliphatic carbocycles. The van der Waals surface area contributed by atoms with Gasteiger partial charge >= 0.3 is 0 Å². The van der Waals surface area contributed by atoms with Gasteiger partial charge in [-0.05, 0) is 61.4 Å². The lowest BCUT2D eigenvalue weighted by Gasteiger charge is -2.19. The molecule has 0 bridgehead atoms. The summed E-state index contributed by atoms with van der Waals surface area (Å²) in [4.78, 5) is 26.4. The highest BCUT2D eigenvalue weighted by Crippen LogP contribution is 2.25. The maximum atomic E-state index is 12.6. The number of carbonyl (C=O) groups excluding carboxylic acids is 2. The molecule has 2 amide bonds. The van der Waals surface area contributed by atoms with Crippen molar-refractivity contribution in [3.63, 3.8) is 0 Å². The van der Waals surface area contributed by atoms with E-state index in [0.717, 1.165) is 35.7 Å². The maximum Gasteiger partial charge on any atom is 0.246 e. The first-order valence-corrected chi connectivity index (χ1v) is 10.8. The average molecular weight is 430 g/mol. The smallest absolute Gasteiger partial charge is 0.246 e. The quantitative estimate of drug-likeness (QED) is 0.538. The fourth-order valence-electron chi connectivity index (χ4n) is 3.63. The number of rotatable bonds is 8. The van der Waals surface area contributed by atoms with Crippen molar-refractivity contribution in [1.82, 2.24) is 0 Å². The topological polar surface area (TPSA) is 70.7 Å². The number of hydrogen-bond donors (Lipinski definition) is 2. The third-order valence-electron chi connectivity index (χ3n) is 5.38. The van der Waals surface area contributed by atoms with Crippen LogP contribution in [0.15, 0.2) is 78.9 Å². The largest absolute Gasteiger partial charge is 0.489 e. The Balaban J connectivity index is 1.30. The molecular formula is C26H27N3O3. The molecule has 0 spiro atoms. The normalized spacial score (nSPS) is 14.2. The zero-order chi connectivity index (χ0) is 22.3. The van der Waals surface area contributed by atoms with E-state index in [-0.39, 0.29) is 11.8 Å². The van der Waals surface area contributed by atoms with Gasteiger partial charge in [0.1, 0.15) is 18.4 Å². The van der Waals surface area contributed by atoms with Crippen molar-refractivity contribution in [1.29, 1.82) is 0 Å². The summed E-state index contributed by atoms with van der Waals surface area (Å²) >= 11 is 0. The van der Waals surface area contributed by atoms with Gasteiger partial charge in [-0.15, -0.1) is 0 Å². The van der Waals surface area contributed by atoms with E-state index in [9.17, 15) is 9.59 Å². The van der Waals surface area contributed by atoms with Gasteiger partial charge in [0.25, 0.3) is 0 Å². The van der Waals surface area contributed by atoms with Gasteiger partial charge in [-0.25, -0.2) is 0 Å². The zero-order valence-corrected chi connectivity index (χ0v) is 18.1. The van der Waals surface area contributed by atoms with E-state index in [1.807, 2.05) is 78.9 Å². The van der Waals surface area contributed by atoms with Gasteiger partial charge in [-0.3, -0.25) is 9.59 Å². The Kier molecular flexibility index (Phi) is 6.70. The number of amides is 2. The molecule has 0 unspecified atom stereocenters. The molecule has 0 aromatic heterocycles. The summed E-state index contributed by atoms with van der Waals surface area (Å²) in [6.07, 6.45) is 1.47. The third-order valence-corrected chi connectivity index (χ3v) is 5.38. The van der Waals surface area contributed by atoms with E-state index in [0.29, 0.717) is 18.7 Å². The number of benzene rings is 3. The molecule has 4 rings (SSSR count). The van der Waals surface area contributed by atoms with Gasteiger partial charge in [0.2, 0.25) is 11.8 Å². The fourth-order valence-corrected chi connectivity index (χ4v) is 3.63. The summed E-state index contributed by atoms with van der Waals surface area (Å²) < 4.78 is 5.79. The minimum absolute atomic E-state index is 0.143. The lowest BCUT2D eigenvalue weighted by atomic mass is 10.2. The van der Waals surface area contributed by atoms with E-state index in [1.54, 1.807) is 11.8 Å². The Morgan fingerprint density at radius 1 is 1.00 bits per heavy atom. The number of nitrogens with one attached hydrogen (secondary N) is 2. The standard InChI is InChI=1S/C26H27N3O3/c1-19(27-22-9-5-10-23(17-22)29-16-6-11-25(29)30)26(31)28-21-12-14-24(15-13-21)32-18-20-7-3-2-4-8-20/h2-5,7-10,12-15,17,19,27H,6,11,16,18H2,1H3,(H,28,31)/t19-/m1/s1. The monoisotopic (exact) mass is 429 g/mol. The van der Waals surface area contributed by atoms with E-state index in [1.165, 1.54) is 0 Å². The van der Waals surface area contributed by atoms with Crippen molar-refractivity contribution in [2.75, 3.05) is 22.1 Å². The van der Waals surface area contributed by atoms with E-state index >= 15 is 0 Å². The lowest BCUT2D eigenvalue weighted by Crippen LogP contribution is -2.32. The minimum Gasteiger partial charge on any atom is -0.489 e. The van der Waals surface area contributed by atoms with E-state index < -0.39 is 6.04 Å². The van der Waals surface area contributed by atoms with E-state index in [4.69, 9.17) is 4.74 Å². The summed E-state index contributed by atoms with van der Waals surface area (Å²) in [7, 11) is 0. The SMILES string of the molecule is C[C@@H](Nc1cccc(N2CCCC2=O)c1)C(=O)Nc1ccc(OCc2ccccc2)cc1. The van der Waals surface area contributed by atoms with Crippen molar-refractivity contribution in [3.05, 3.63) is 84.4 Å². The number of ether oxygens (including phenoxy) is 1. The molecule has 32 heavy (non-hydrogen) atoms. The summed E-state index contributed by atoms with van der Waals surface area (Å²) in [6.45, 7) is 3.04. The second-order valence-electron chi connectivity index (χ2n) is 7.85. The molecular weight excluding hydrogens is 402 g/mol. The molecule has 3 aromatic carbocycles. The molecule has 0 radical (unpaired) electrons. The number of anilines is 3. The Morgan fingerprint density at radius 2 is 1.78 bits per heavy atom. The first kappa shape index (κ1) is 21.4. The lowest BCUT2D eigenvalue weighted by molar-refractivity contribution is -0.117. The maximum absolute atomic E-state index is 12.6. The molecule has 1 heterocycles. The Bertz CT molecular complexity index is 1070. The van der Waals surface area contributed by atoms with Crippen LogP contribution in [0.2, 0.25) is 0 Å². The average Bonchev–Trinajstić information content (AvgIpc) is 3.25. The van der Waals surface area contributed by atoms with Crippen LogP contribution in [0.1, 0.15) is 25.3 Å². The van der Waals surface area contributed by atoms with Crippen LogP contribution in [0.4, 0.5) is 17.1 Å². The molecule has 0 saturated carbocycles. The molecule has 164 valence electrons. The molecule has 3 aromatic rings. The van der Waals surface area contributed by atoms with Crippen LogP contribution in [-0.4, -0.2) is 24.4 Å². The van der Waals surface area contributed by atoms with Crippen LogP contribution < -0.4 is 20.3 Å². The molecule has 1 aliphatic rings. The summed E-state index contributed by atoms with van der Waals surface area (Å²) in [5.74, 6) is 0.737. The summed E-state index contributed by atoms with van der Waals surface area (Å²) in [5, 5.41) is 6.13. The predicted octanol–water partition coefficient (Wildman–Crippen LogP) is 4.83. The van der Waals surface area contributed by atoms with E-state index in [2.05, 4.69) is 10.6 Å². The molecule has 6 nitrogen and oxygen atoms in total. The summed E-state index contributed by atoms with van der Waals surface area (Å²) in [5.41, 5.74) is 3.46. The van der Waals surface area contributed by atoms with Crippen molar-refractivity contribution >= 4 is 28.9 Å². The Morgan fingerprint density at radius 3 is 2.50 bits per heavy atom. The number of nitrogens with zero attached hydrogens (tertiary/aromatic N) is 1. The van der Waals surface area contributed by atoms with Crippen molar-refractivity contribution in [2.24, 2.45) is 0 Å². The van der Waals surface area contributed by atoms with Crippen molar-refractivity contribution < 1.29 is 14.3 Å². The van der Waals surface area contributed by atoms with Gasteiger partial charge in [0.05, 0.1) is 0 Å². The van der Waals surface area contributed by atoms with Gasteiger partial charge < -0.3 is 20.3 Å². The second kappa shape index (κ2) is 10.0. The Labute approximate surface area is 188 Å². The van der Waals surface area contributed by atoms with Crippen molar-refractivity contribution in [3.8, 4) is 5.75 Å². The van der Waals surface area contributed by atoms with Gasteiger partial charge in [-0.1, -0.05) is 36.4 Å². The van der Waals surface area contributed by atoms with Crippen LogP contribution in [0, 0.1) is 0 Å². The van der Waals surface area contributed by atoms with Gasteiger partial charge in [0, 0.05) is 30.0 Å². The first-order valence-electron chi connectivity index (χ1n) is 10.8. The first-order chi connectivity index (χ1) is 15.6. The van der Waals surface area contributed by atoms with Gasteiger partial charge in [0.15, 0.2) is 0 Å². The molecule has 6 heteroatoms. The molecule has 2 N–H and O–H groups in total. The highest BCUT2D eigenvalue weighted by molar-refractivity contribution is 5.97. The van der Waals surface area contributed by atoms with Crippen molar-refractivity contribution in [2.45, 2.75) is 32.4 Å². The summed E-state index contributed by atoms with van der Waals surface area (Å²) in [6, 6.07) is 24.5. The minimum atomic E-state index is -0.450. The van der Waals surface area contributed by atoms with Gasteiger partial charge in [-0.2, -0.15) is 0 Å².